The molecular formula is C44H47FN6O6. The highest BCUT2D eigenvalue weighted by Crippen LogP contribution is 2.56. The topological polar surface area (TPSA) is 133 Å². The van der Waals surface area contributed by atoms with Gasteiger partial charge in [0.05, 0.1) is 17.7 Å². The number of benzene rings is 3. The molecule has 1 aliphatic carbocycles. The highest BCUT2D eigenvalue weighted by Gasteiger charge is 2.64. The summed E-state index contributed by atoms with van der Waals surface area (Å²) in [5.41, 5.74) is 3.72. The van der Waals surface area contributed by atoms with Gasteiger partial charge in [-0.3, -0.25) is 39.1 Å². The maximum Gasteiger partial charge on any atom is 0.262 e. The number of halogens is 1. The second-order valence-electron chi connectivity index (χ2n) is 17.4. The molecule has 4 heterocycles. The van der Waals surface area contributed by atoms with E-state index in [-0.39, 0.29) is 36.6 Å². The van der Waals surface area contributed by atoms with Crippen molar-refractivity contribution in [1.82, 2.24) is 20.4 Å². The third-order valence-corrected chi connectivity index (χ3v) is 13.0. The third-order valence-electron chi connectivity index (χ3n) is 13.0. The molecule has 13 heteroatoms. The van der Waals surface area contributed by atoms with Crippen LogP contribution in [0.25, 0.3) is 4.85 Å². The summed E-state index contributed by atoms with van der Waals surface area (Å²) in [7, 11) is 0. The Hall–Kier alpha value is -5.61. The molecule has 1 saturated carbocycles. The fourth-order valence-corrected chi connectivity index (χ4v) is 10.1. The maximum atomic E-state index is 14.7. The van der Waals surface area contributed by atoms with E-state index < -0.39 is 46.3 Å². The Morgan fingerprint density at radius 2 is 1.54 bits per heavy atom. The Balaban J connectivity index is 0.825. The second-order valence-corrected chi connectivity index (χ2v) is 17.4. The zero-order valence-corrected chi connectivity index (χ0v) is 32.9. The fourth-order valence-electron chi connectivity index (χ4n) is 10.1. The average molecular weight is 775 g/mol. The summed E-state index contributed by atoms with van der Waals surface area (Å²) in [6.45, 7) is 21.0. The molecule has 0 spiro atoms. The van der Waals surface area contributed by atoms with Crippen molar-refractivity contribution >= 4 is 40.9 Å². The summed E-state index contributed by atoms with van der Waals surface area (Å²) in [4.78, 5) is 73.2. The molecule has 5 amide bonds. The summed E-state index contributed by atoms with van der Waals surface area (Å²) >= 11 is 0. The lowest BCUT2D eigenvalue weighted by Crippen LogP contribution is -2.74. The Labute approximate surface area is 331 Å². The highest BCUT2D eigenvalue weighted by molar-refractivity contribution is 6.23. The van der Waals surface area contributed by atoms with Crippen LogP contribution in [0.3, 0.4) is 0 Å². The van der Waals surface area contributed by atoms with Gasteiger partial charge in [-0.2, -0.15) is 0 Å². The van der Waals surface area contributed by atoms with Gasteiger partial charge in [-0.05, 0) is 91.8 Å². The van der Waals surface area contributed by atoms with E-state index in [4.69, 9.17) is 11.3 Å². The molecular weight excluding hydrogens is 728 g/mol. The summed E-state index contributed by atoms with van der Waals surface area (Å²) in [6, 6.07) is 13.3. The summed E-state index contributed by atoms with van der Waals surface area (Å²) in [6.07, 6.45) is 1.95. The first-order valence-electron chi connectivity index (χ1n) is 19.7. The molecule has 3 aromatic rings. The molecule has 5 aliphatic rings. The number of anilines is 1. The Morgan fingerprint density at radius 3 is 2.12 bits per heavy atom. The molecule has 2 saturated heterocycles. The monoisotopic (exact) mass is 774 g/mol. The van der Waals surface area contributed by atoms with Gasteiger partial charge in [0.1, 0.15) is 23.7 Å². The van der Waals surface area contributed by atoms with E-state index in [1.54, 1.807) is 13.0 Å². The predicted octanol–water partition coefficient (Wildman–Crippen LogP) is 5.93. The summed E-state index contributed by atoms with van der Waals surface area (Å²) < 4.78 is 21.0. The molecule has 0 bridgehead atoms. The van der Waals surface area contributed by atoms with E-state index in [2.05, 4.69) is 25.3 Å². The molecule has 4 aliphatic heterocycles. The van der Waals surface area contributed by atoms with Crippen molar-refractivity contribution < 1.29 is 33.1 Å². The van der Waals surface area contributed by atoms with Gasteiger partial charge < -0.3 is 15.0 Å². The zero-order chi connectivity index (χ0) is 40.6. The highest BCUT2D eigenvalue weighted by atomic mass is 19.1. The molecule has 8 rings (SSSR count). The van der Waals surface area contributed by atoms with E-state index in [9.17, 15) is 28.4 Å². The molecule has 12 nitrogen and oxygen atoms in total. The number of ether oxygens (including phenoxy) is 1. The van der Waals surface area contributed by atoms with Gasteiger partial charge in [0, 0.05) is 72.8 Å². The summed E-state index contributed by atoms with van der Waals surface area (Å²) in [5, 5.41) is 5.49. The van der Waals surface area contributed by atoms with Crippen LogP contribution in [-0.2, 0) is 22.7 Å². The lowest BCUT2D eigenvalue weighted by atomic mass is 9.49. The summed E-state index contributed by atoms with van der Waals surface area (Å²) in [5.74, 6) is -1.80. The number of carbonyl (C=O) groups excluding carboxylic acids is 5. The van der Waals surface area contributed by atoms with Crippen LogP contribution in [0, 0.1) is 36.1 Å². The van der Waals surface area contributed by atoms with Crippen LogP contribution in [0.4, 0.5) is 15.8 Å². The number of fused-ring (bicyclic) bond motifs is 2. The standard InChI is InChI=1S/C44H47FN6O6/c1-24-34(13-11-32(46-6)36(24)45)57-42-43(2,3)41(44(42,4)5)48-37(53)26-7-9-29(10-8-26)50-17-15-25(16-18-50)21-49-22-27-19-30-31(20-28(27)23-49)40(56)51(39(30)55)33-12-14-35(52)47-38(33)54/h7-11,13,19-20,25,33,41-42H,12,14-18,21-23H2,1-5H3,(H,48,53)(H,47,52,54). The molecule has 0 radical (unpaired) electrons. The molecule has 3 fully saturated rings. The van der Waals surface area contributed by atoms with Crippen molar-refractivity contribution in [3.8, 4) is 5.75 Å². The smallest absolute Gasteiger partial charge is 0.262 e. The number of piperidine rings is 2. The number of nitrogens with one attached hydrogen (secondary N) is 2. The Bertz CT molecular complexity index is 2190. The van der Waals surface area contributed by atoms with Crippen molar-refractivity contribution in [2.45, 2.75) is 91.6 Å². The molecule has 3 aromatic carbocycles. The Kier molecular flexibility index (Phi) is 9.46. The van der Waals surface area contributed by atoms with Crippen LogP contribution < -0.4 is 20.3 Å². The van der Waals surface area contributed by atoms with Gasteiger partial charge in [-0.1, -0.05) is 27.7 Å². The van der Waals surface area contributed by atoms with Crippen molar-refractivity contribution in [3.63, 3.8) is 0 Å². The fraction of sp³-hybridized carbons (Fsp3) is 0.455. The number of carbonyl (C=O) groups is 5. The minimum Gasteiger partial charge on any atom is -0.489 e. The quantitative estimate of drug-likeness (QED) is 0.213. The van der Waals surface area contributed by atoms with Gasteiger partial charge in [-0.15, -0.1) is 0 Å². The molecule has 2 N–H and O–H groups in total. The van der Waals surface area contributed by atoms with Gasteiger partial charge in [0.2, 0.25) is 17.5 Å². The van der Waals surface area contributed by atoms with E-state index in [0.29, 0.717) is 47.0 Å². The third kappa shape index (κ3) is 6.53. The van der Waals surface area contributed by atoms with Crippen LogP contribution in [0.1, 0.15) is 101 Å². The number of amides is 5. The van der Waals surface area contributed by atoms with E-state index in [1.165, 1.54) is 6.07 Å². The lowest BCUT2D eigenvalue weighted by molar-refractivity contribution is -0.164. The van der Waals surface area contributed by atoms with Crippen molar-refractivity contribution in [3.05, 3.63) is 99.1 Å². The van der Waals surface area contributed by atoms with Crippen LogP contribution >= 0.6 is 0 Å². The van der Waals surface area contributed by atoms with Gasteiger partial charge in [0.15, 0.2) is 0 Å². The predicted molar refractivity (Wildman–Crippen MR) is 209 cm³/mol. The normalized spacial score (nSPS) is 24.1. The lowest BCUT2D eigenvalue weighted by Gasteiger charge is -2.63. The van der Waals surface area contributed by atoms with Gasteiger partial charge in [0.25, 0.3) is 17.7 Å². The largest absolute Gasteiger partial charge is 0.489 e. The SMILES string of the molecule is [C-]#[N+]c1ccc(OC2C(C)(C)C(NC(=O)c3ccc(N4CCC(CN5Cc6cc7c(cc6C5)C(=O)N(C5CCC(=O)NC5=O)C7=O)CC4)cc3)C2(C)C)c(C)c1F. The average Bonchev–Trinajstić information content (AvgIpc) is 3.69. The van der Waals surface area contributed by atoms with Crippen LogP contribution in [0.2, 0.25) is 0 Å². The van der Waals surface area contributed by atoms with Gasteiger partial charge >= 0.3 is 0 Å². The van der Waals surface area contributed by atoms with Crippen molar-refractivity contribution in [2.24, 2.45) is 16.7 Å². The van der Waals surface area contributed by atoms with E-state index in [1.807, 2.05) is 64.1 Å². The zero-order valence-electron chi connectivity index (χ0n) is 32.9. The Morgan fingerprint density at radius 1 is 0.930 bits per heavy atom. The number of imide groups is 2. The number of rotatable bonds is 8. The minimum absolute atomic E-state index is 0.0347. The molecule has 57 heavy (non-hydrogen) atoms. The molecule has 0 aromatic heterocycles. The van der Waals surface area contributed by atoms with E-state index in [0.717, 1.165) is 54.2 Å². The molecule has 1 unspecified atom stereocenters. The van der Waals surface area contributed by atoms with Gasteiger partial charge in [-0.25, -0.2) is 9.24 Å². The number of hydrogen-bond donors (Lipinski definition) is 2. The van der Waals surface area contributed by atoms with Crippen LogP contribution in [-0.4, -0.2) is 77.2 Å². The first-order valence-corrected chi connectivity index (χ1v) is 19.7. The van der Waals surface area contributed by atoms with Crippen LogP contribution in [0.5, 0.6) is 5.75 Å². The number of hydrogen-bond acceptors (Lipinski definition) is 8. The second kappa shape index (κ2) is 14.1. The first kappa shape index (κ1) is 38.3. The number of nitrogens with zero attached hydrogens (tertiary/aromatic N) is 4. The van der Waals surface area contributed by atoms with E-state index >= 15 is 0 Å². The molecule has 1 atom stereocenters. The van der Waals surface area contributed by atoms with Crippen LogP contribution in [0.15, 0.2) is 48.5 Å². The van der Waals surface area contributed by atoms with Crippen molar-refractivity contribution in [1.29, 1.82) is 0 Å². The maximum absolute atomic E-state index is 14.7. The minimum atomic E-state index is -0.972. The first-order chi connectivity index (χ1) is 27.1. The molecule has 296 valence electrons. The van der Waals surface area contributed by atoms with Crippen molar-refractivity contribution in [2.75, 3.05) is 24.5 Å².